The topological polar surface area (TPSA) is 73.9 Å². The van der Waals surface area contributed by atoms with Crippen molar-refractivity contribution in [2.45, 2.75) is 39.3 Å². The first-order chi connectivity index (χ1) is 8.47. The Morgan fingerprint density at radius 3 is 1.94 bits per heavy atom. The van der Waals surface area contributed by atoms with E-state index in [-0.39, 0.29) is 17.5 Å². The lowest BCUT2D eigenvalue weighted by Gasteiger charge is -2.34. The van der Waals surface area contributed by atoms with Crippen LogP contribution >= 0.6 is 0 Å². The Morgan fingerprint density at radius 1 is 1.11 bits per heavy atom. The Labute approximate surface area is 109 Å². The molecule has 0 bridgehead atoms. The zero-order valence-corrected chi connectivity index (χ0v) is 12.1. The van der Waals surface area contributed by atoms with Crippen LogP contribution in [0.15, 0.2) is 0 Å². The largest absolute Gasteiger partial charge is 0.351 e. The summed E-state index contributed by atoms with van der Waals surface area (Å²) in [5.74, 6) is 0.299. The second-order valence-corrected chi connectivity index (χ2v) is 6.33. The molecule has 1 rings (SSSR count). The summed E-state index contributed by atoms with van der Waals surface area (Å²) in [5.41, 5.74) is 0. The van der Waals surface area contributed by atoms with E-state index in [2.05, 4.69) is 5.32 Å². The summed E-state index contributed by atoms with van der Waals surface area (Å²) in [6.45, 7) is 6.73. The van der Waals surface area contributed by atoms with Crippen LogP contribution in [0.1, 0.15) is 27.2 Å². The van der Waals surface area contributed by atoms with Gasteiger partial charge in [0.15, 0.2) is 9.84 Å². The lowest BCUT2D eigenvalue weighted by molar-refractivity contribution is -0.396. The lowest BCUT2D eigenvalue weighted by atomic mass is 10.3. The summed E-state index contributed by atoms with van der Waals surface area (Å²) in [7, 11) is -2.94. The molecule has 1 atom stereocenters. The van der Waals surface area contributed by atoms with Crippen molar-refractivity contribution >= 4 is 9.84 Å². The molecule has 0 aromatic heterocycles. The summed E-state index contributed by atoms with van der Waals surface area (Å²) in [4.78, 5) is 0. The Bertz CT molecular complexity index is 326. The molecule has 1 N–H and O–H groups in total. The predicted molar refractivity (Wildman–Crippen MR) is 67.8 cm³/mol. The third-order valence-corrected chi connectivity index (χ3v) is 4.38. The fraction of sp³-hybridized carbons (Fsp3) is 1.00. The van der Waals surface area contributed by atoms with Crippen molar-refractivity contribution in [3.8, 4) is 0 Å². The van der Waals surface area contributed by atoms with E-state index in [1.165, 1.54) is 0 Å². The maximum Gasteiger partial charge on any atom is 0.351 e. The summed E-state index contributed by atoms with van der Waals surface area (Å²) >= 11 is 0. The van der Waals surface area contributed by atoms with Crippen LogP contribution in [0.25, 0.3) is 0 Å². The van der Waals surface area contributed by atoms with E-state index in [9.17, 15) is 8.42 Å². The molecule has 6 nitrogen and oxygen atoms in total. The van der Waals surface area contributed by atoms with Crippen molar-refractivity contribution in [1.29, 1.82) is 0 Å². The normalized spacial score (nSPS) is 23.4. The van der Waals surface area contributed by atoms with E-state index in [1.807, 2.05) is 20.8 Å². The number of rotatable bonds is 8. The standard InChI is InChI=1S/C11H23NO5S/c1-4-15-11(16-5-2,17-6-3)12-10-7-8-18(13,14)9-10/h10,12H,4-9H2,1-3H3/t10-/m1/s1. The van der Waals surface area contributed by atoms with Crippen molar-refractivity contribution in [3.63, 3.8) is 0 Å². The minimum absolute atomic E-state index is 0.0992. The molecule has 0 aromatic rings. The van der Waals surface area contributed by atoms with Gasteiger partial charge in [0, 0.05) is 6.04 Å². The molecule has 108 valence electrons. The molecule has 0 aromatic carbocycles. The van der Waals surface area contributed by atoms with Gasteiger partial charge in [0.2, 0.25) is 0 Å². The highest BCUT2D eigenvalue weighted by atomic mass is 32.2. The van der Waals surface area contributed by atoms with Gasteiger partial charge >= 0.3 is 6.10 Å². The molecule has 1 heterocycles. The summed E-state index contributed by atoms with van der Waals surface area (Å²) in [6, 6.07) is -0.195. The highest BCUT2D eigenvalue weighted by Gasteiger charge is 2.39. The average Bonchev–Trinajstić information content (AvgIpc) is 2.59. The van der Waals surface area contributed by atoms with Crippen molar-refractivity contribution in [2.75, 3.05) is 31.3 Å². The van der Waals surface area contributed by atoms with Gasteiger partial charge in [0.05, 0.1) is 31.3 Å². The number of hydrogen-bond donors (Lipinski definition) is 1. The molecule has 0 radical (unpaired) electrons. The summed E-state index contributed by atoms with van der Waals surface area (Å²) in [6.07, 6.45) is -0.778. The van der Waals surface area contributed by atoms with Crippen molar-refractivity contribution < 1.29 is 22.6 Å². The maximum atomic E-state index is 11.4. The molecule has 0 amide bonds. The van der Waals surface area contributed by atoms with Crippen molar-refractivity contribution in [3.05, 3.63) is 0 Å². The molecule has 1 aliphatic rings. The molecule has 0 spiro atoms. The first-order valence-corrected chi connectivity index (χ1v) is 8.19. The zero-order chi connectivity index (χ0) is 13.6. The molecule has 0 unspecified atom stereocenters. The second-order valence-electron chi connectivity index (χ2n) is 4.10. The van der Waals surface area contributed by atoms with Gasteiger partial charge in [-0.1, -0.05) is 0 Å². The molecule has 18 heavy (non-hydrogen) atoms. The van der Waals surface area contributed by atoms with Crippen LogP contribution in [0.3, 0.4) is 0 Å². The van der Waals surface area contributed by atoms with Crippen LogP contribution in [0.2, 0.25) is 0 Å². The number of ether oxygens (including phenoxy) is 3. The Balaban J connectivity index is 2.70. The Morgan fingerprint density at radius 2 is 1.61 bits per heavy atom. The van der Waals surface area contributed by atoms with Crippen molar-refractivity contribution in [2.24, 2.45) is 0 Å². The smallest absolute Gasteiger partial charge is 0.314 e. The quantitative estimate of drug-likeness (QED) is 0.653. The molecular formula is C11H23NO5S. The van der Waals surface area contributed by atoms with Crippen LogP contribution in [-0.2, 0) is 24.0 Å². The minimum Gasteiger partial charge on any atom is -0.314 e. The van der Waals surface area contributed by atoms with Crippen LogP contribution in [0.5, 0.6) is 0 Å². The number of nitrogens with one attached hydrogen (secondary N) is 1. The van der Waals surface area contributed by atoms with Gasteiger partial charge < -0.3 is 14.2 Å². The predicted octanol–water partition coefficient (Wildman–Crippen LogP) is 0.484. The average molecular weight is 281 g/mol. The monoisotopic (exact) mass is 281 g/mol. The van der Waals surface area contributed by atoms with Gasteiger partial charge in [-0.2, -0.15) is 0 Å². The van der Waals surface area contributed by atoms with Gasteiger partial charge in [0.1, 0.15) is 0 Å². The third kappa shape index (κ3) is 4.47. The molecule has 0 saturated carbocycles. The van der Waals surface area contributed by atoms with Crippen LogP contribution in [0.4, 0.5) is 0 Å². The highest BCUT2D eigenvalue weighted by molar-refractivity contribution is 7.91. The number of hydrogen-bond acceptors (Lipinski definition) is 6. The van der Waals surface area contributed by atoms with Crippen LogP contribution in [-0.4, -0.2) is 51.9 Å². The van der Waals surface area contributed by atoms with E-state index in [0.717, 1.165) is 0 Å². The van der Waals surface area contributed by atoms with Gasteiger partial charge in [-0.25, -0.2) is 13.7 Å². The third-order valence-electron chi connectivity index (χ3n) is 2.62. The maximum absolute atomic E-state index is 11.4. The molecule has 0 aliphatic carbocycles. The Kier molecular flexibility index (Phi) is 6.00. The van der Waals surface area contributed by atoms with E-state index in [4.69, 9.17) is 14.2 Å². The van der Waals surface area contributed by atoms with Gasteiger partial charge in [-0.05, 0) is 27.2 Å². The van der Waals surface area contributed by atoms with Crippen molar-refractivity contribution in [1.82, 2.24) is 5.32 Å². The molecule has 1 aliphatic heterocycles. The minimum atomic E-state index is -2.94. The van der Waals surface area contributed by atoms with Crippen LogP contribution < -0.4 is 5.32 Å². The first-order valence-electron chi connectivity index (χ1n) is 6.37. The zero-order valence-electron chi connectivity index (χ0n) is 11.3. The SMILES string of the molecule is CCOC(N[C@@H]1CCS(=O)(=O)C1)(OCC)OCC. The summed E-state index contributed by atoms with van der Waals surface area (Å²) < 4.78 is 39.3. The molecular weight excluding hydrogens is 258 g/mol. The fourth-order valence-electron chi connectivity index (χ4n) is 1.98. The highest BCUT2D eigenvalue weighted by Crippen LogP contribution is 2.19. The second kappa shape index (κ2) is 6.81. The Hall–Kier alpha value is -0.210. The summed E-state index contributed by atoms with van der Waals surface area (Å²) in [5, 5.41) is 3.04. The first kappa shape index (κ1) is 15.8. The van der Waals surface area contributed by atoms with E-state index in [1.54, 1.807) is 0 Å². The molecule has 1 saturated heterocycles. The number of sulfone groups is 1. The fourth-order valence-corrected chi connectivity index (χ4v) is 3.65. The molecule has 1 fully saturated rings. The van der Waals surface area contributed by atoms with E-state index >= 15 is 0 Å². The van der Waals surface area contributed by atoms with E-state index < -0.39 is 15.9 Å². The molecule has 7 heteroatoms. The van der Waals surface area contributed by atoms with Gasteiger partial charge in [-0.3, -0.25) is 0 Å². The van der Waals surface area contributed by atoms with E-state index in [0.29, 0.717) is 26.2 Å². The van der Waals surface area contributed by atoms with Gasteiger partial charge in [0.25, 0.3) is 0 Å². The van der Waals surface area contributed by atoms with Gasteiger partial charge in [-0.15, -0.1) is 0 Å². The van der Waals surface area contributed by atoms with Crippen LogP contribution in [0, 0.1) is 0 Å². The lowest BCUT2D eigenvalue weighted by Crippen LogP contribution is -2.56.